The van der Waals surface area contributed by atoms with Gasteiger partial charge in [-0.3, -0.25) is 9.59 Å². The number of methoxy groups -OCH3 is 1. The summed E-state index contributed by atoms with van der Waals surface area (Å²) in [4.78, 5) is 26.7. The van der Waals surface area contributed by atoms with Gasteiger partial charge in [0.05, 0.1) is 17.7 Å². The molecule has 6 nitrogen and oxygen atoms in total. The molecule has 3 unspecified atom stereocenters. The first-order valence-electron chi connectivity index (χ1n) is 8.80. The Morgan fingerprint density at radius 2 is 2.00 bits per heavy atom. The van der Waals surface area contributed by atoms with Crippen molar-refractivity contribution in [2.75, 3.05) is 20.3 Å². The van der Waals surface area contributed by atoms with E-state index in [9.17, 15) is 14.7 Å². The highest BCUT2D eigenvalue weighted by molar-refractivity contribution is 5.82. The van der Waals surface area contributed by atoms with E-state index >= 15 is 0 Å². The van der Waals surface area contributed by atoms with Gasteiger partial charge in [-0.1, -0.05) is 30.3 Å². The number of hydrogen-bond donors (Lipinski definition) is 2. The van der Waals surface area contributed by atoms with Crippen LogP contribution in [0.5, 0.6) is 0 Å². The Kier molecular flexibility index (Phi) is 5.11. The number of carbonyl (C=O) groups excluding carboxylic acids is 2. The molecule has 136 valence electrons. The van der Waals surface area contributed by atoms with E-state index in [-0.39, 0.29) is 24.3 Å². The molecule has 1 saturated heterocycles. The Morgan fingerprint density at radius 3 is 2.60 bits per heavy atom. The minimum atomic E-state index is -1.09. The highest BCUT2D eigenvalue weighted by Crippen LogP contribution is 2.38. The molecule has 3 rings (SSSR count). The maximum absolute atomic E-state index is 12.6. The van der Waals surface area contributed by atoms with E-state index in [4.69, 9.17) is 4.74 Å². The first-order valence-corrected chi connectivity index (χ1v) is 8.80. The molecule has 2 amide bonds. The third-order valence-corrected chi connectivity index (χ3v) is 5.16. The van der Waals surface area contributed by atoms with Crippen LogP contribution in [0.15, 0.2) is 30.3 Å². The summed E-state index contributed by atoms with van der Waals surface area (Å²) in [5, 5.41) is 14.0. The lowest BCUT2D eigenvalue weighted by Crippen LogP contribution is -2.63. The van der Waals surface area contributed by atoms with Crippen LogP contribution in [-0.2, 0) is 14.3 Å². The van der Waals surface area contributed by atoms with E-state index in [2.05, 4.69) is 5.32 Å². The number of nitrogens with zero attached hydrogens (tertiary/aromatic N) is 1. The number of nitrogens with one attached hydrogen (secondary N) is 1. The average molecular weight is 346 g/mol. The zero-order valence-corrected chi connectivity index (χ0v) is 14.8. The number of carbonyl (C=O) groups is 2. The molecular weight excluding hydrogens is 320 g/mol. The molecule has 2 N–H and O–H groups in total. The predicted octanol–water partition coefficient (Wildman–Crippen LogP) is 1.25. The molecule has 2 fully saturated rings. The zero-order valence-electron chi connectivity index (χ0n) is 14.8. The molecule has 1 heterocycles. The normalized spacial score (nSPS) is 29.3. The molecule has 3 atom stereocenters. The van der Waals surface area contributed by atoms with Crippen LogP contribution in [0.3, 0.4) is 0 Å². The summed E-state index contributed by atoms with van der Waals surface area (Å²) >= 11 is 0. The highest BCUT2D eigenvalue weighted by atomic mass is 16.5. The maximum Gasteiger partial charge on any atom is 0.249 e. The minimum Gasteiger partial charge on any atom is -0.388 e. The summed E-state index contributed by atoms with van der Waals surface area (Å²) in [7, 11) is 1.49. The number of benzene rings is 1. The molecule has 1 saturated carbocycles. The van der Waals surface area contributed by atoms with Crippen LogP contribution in [0, 0.1) is 5.92 Å². The molecule has 1 aromatic carbocycles. The van der Waals surface area contributed by atoms with Gasteiger partial charge in [0, 0.05) is 19.6 Å². The Bertz CT molecular complexity index is 628. The van der Waals surface area contributed by atoms with E-state index in [1.807, 2.05) is 30.3 Å². The van der Waals surface area contributed by atoms with Crippen LogP contribution >= 0.6 is 0 Å². The Balaban J connectivity index is 1.95. The van der Waals surface area contributed by atoms with Crippen LogP contribution in [-0.4, -0.2) is 53.7 Å². The molecule has 1 aliphatic carbocycles. The van der Waals surface area contributed by atoms with Gasteiger partial charge in [-0.15, -0.1) is 0 Å². The van der Waals surface area contributed by atoms with Gasteiger partial charge in [-0.05, 0) is 31.7 Å². The van der Waals surface area contributed by atoms with Crippen molar-refractivity contribution >= 4 is 11.8 Å². The molecule has 1 aromatic rings. The topological polar surface area (TPSA) is 78.9 Å². The maximum atomic E-state index is 12.6. The smallest absolute Gasteiger partial charge is 0.249 e. The average Bonchev–Trinajstić information content (AvgIpc) is 3.42. The van der Waals surface area contributed by atoms with E-state index in [1.165, 1.54) is 7.11 Å². The summed E-state index contributed by atoms with van der Waals surface area (Å²) in [6.45, 7) is 2.14. The minimum absolute atomic E-state index is 0.0191. The van der Waals surface area contributed by atoms with Gasteiger partial charge in [0.2, 0.25) is 11.8 Å². The van der Waals surface area contributed by atoms with Gasteiger partial charge < -0.3 is 20.1 Å². The van der Waals surface area contributed by atoms with Crippen molar-refractivity contribution in [3.05, 3.63) is 35.9 Å². The van der Waals surface area contributed by atoms with Crippen molar-refractivity contribution in [3.63, 3.8) is 0 Å². The molecular formula is C19H26N2O4. The van der Waals surface area contributed by atoms with Crippen LogP contribution in [0.1, 0.15) is 37.8 Å². The second kappa shape index (κ2) is 7.14. The second-order valence-corrected chi connectivity index (χ2v) is 7.24. The number of hydrogen-bond acceptors (Lipinski definition) is 4. The van der Waals surface area contributed by atoms with Crippen LogP contribution in [0.25, 0.3) is 0 Å². The van der Waals surface area contributed by atoms with Crippen LogP contribution in [0.2, 0.25) is 0 Å². The van der Waals surface area contributed by atoms with Gasteiger partial charge in [0.1, 0.15) is 6.61 Å². The first kappa shape index (κ1) is 17.9. The lowest BCUT2D eigenvalue weighted by molar-refractivity contribution is -0.149. The SMILES string of the molecule is COCC(=O)N1CCC(C)(O)C(NC(=O)C2CC2)C1c1ccccc1. The van der Waals surface area contributed by atoms with E-state index < -0.39 is 17.7 Å². The fourth-order valence-corrected chi connectivity index (χ4v) is 3.52. The highest BCUT2D eigenvalue weighted by Gasteiger charge is 2.48. The third-order valence-electron chi connectivity index (χ3n) is 5.16. The second-order valence-electron chi connectivity index (χ2n) is 7.24. The number of ether oxygens (including phenoxy) is 1. The summed E-state index contributed by atoms with van der Waals surface area (Å²) in [6, 6.07) is 8.58. The fourth-order valence-electron chi connectivity index (χ4n) is 3.52. The van der Waals surface area contributed by atoms with E-state index in [1.54, 1.807) is 11.8 Å². The standard InChI is InChI=1S/C19H26N2O4/c1-19(24)10-11-21(15(22)12-25-2)16(13-6-4-3-5-7-13)17(19)20-18(23)14-8-9-14/h3-7,14,16-17,24H,8-12H2,1-2H3,(H,20,23). The van der Waals surface area contributed by atoms with Crippen molar-refractivity contribution in [1.82, 2.24) is 10.2 Å². The van der Waals surface area contributed by atoms with Crippen molar-refractivity contribution < 1.29 is 19.4 Å². The Morgan fingerprint density at radius 1 is 1.32 bits per heavy atom. The van der Waals surface area contributed by atoms with Gasteiger partial charge in [0.25, 0.3) is 0 Å². The predicted molar refractivity (Wildman–Crippen MR) is 92.7 cm³/mol. The zero-order chi connectivity index (χ0) is 18.0. The van der Waals surface area contributed by atoms with E-state index in [0.29, 0.717) is 13.0 Å². The lowest BCUT2D eigenvalue weighted by Gasteiger charge is -2.49. The molecule has 2 aliphatic rings. The number of likely N-dealkylation sites (tertiary alicyclic amines) is 1. The van der Waals surface area contributed by atoms with E-state index in [0.717, 1.165) is 18.4 Å². The van der Waals surface area contributed by atoms with Gasteiger partial charge in [0.15, 0.2) is 0 Å². The molecule has 6 heteroatoms. The number of amides is 2. The van der Waals surface area contributed by atoms with Crippen molar-refractivity contribution in [2.24, 2.45) is 5.92 Å². The van der Waals surface area contributed by atoms with Gasteiger partial charge in [-0.25, -0.2) is 0 Å². The van der Waals surface area contributed by atoms with Crippen molar-refractivity contribution in [3.8, 4) is 0 Å². The quantitative estimate of drug-likeness (QED) is 0.841. The Labute approximate surface area is 148 Å². The third kappa shape index (κ3) is 3.85. The lowest BCUT2D eigenvalue weighted by atomic mass is 9.79. The van der Waals surface area contributed by atoms with Crippen LogP contribution < -0.4 is 5.32 Å². The largest absolute Gasteiger partial charge is 0.388 e. The Hall–Kier alpha value is -1.92. The number of aliphatic hydroxyl groups is 1. The number of piperidine rings is 1. The summed E-state index contributed by atoms with van der Waals surface area (Å²) < 4.78 is 5.02. The molecule has 0 radical (unpaired) electrons. The molecule has 25 heavy (non-hydrogen) atoms. The summed E-state index contributed by atoms with van der Waals surface area (Å²) in [5.74, 6) is -0.137. The molecule has 0 spiro atoms. The van der Waals surface area contributed by atoms with Crippen molar-refractivity contribution in [1.29, 1.82) is 0 Å². The molecule has 0 bridgehead atoms. The summed E-state index contributed by atoms with van der Waals surface area (Å²) in [5.41, 5.74) is -0.192. The number of rotatable bonds is 5. The molecule has 1 aliphatic heterocycles. The fraction of sp³-hybridized carbons (Fsp3) is 0.579. The van der Waals surface area contributed by atoms with Gasteiger partial charge in [-0.2, -0.15) is 0 Å². The summed E-state index contributed by atoms with van der Waals surface area (Å²) in [6.07, 6.45) is 2.19. The van der Waals surface area contributed by atoms with Crippen molar-refractivity contribution in [2.45, 2.75) is 43.9 Å². The first-order chi connectivity index (χ1) is 11.9. The molecule has 0 aromatic heterocycles. The van der Waals surface area contributed by atoms with Gasteiger partial charge >= 0.3 is 0 Å². The van der Waals surface area contributed by atoms with Crippen LogP contribution in [0.4, 0.5) is 0 Å². The monoisotopic (exact) mass is 346 g/mol.